The highest BCUT2D eigenvalue weighted by Gasteiger charge is 2.20. The maximum absolute atomic E-state index is 13.3. The molecular weight excluding hydrogens is 412 g/mol. The lowest BCUT2D eigenvalue weighted by Gasteiger charge is -2.19. The average molecular weight is 438 g/mol. The number of ether oxygens (including phenoxy) is 4. The van der Waals surface area contributed by atoms with E-state index in [-0.39, 0.29) is 17.4 Å². The van der Waals surface area contributed by atoms with Crippen molar-refractivity contribution in [2.75, 3.05) is 32.8 Å². The lowest BCUT2D eigenvalue weighted by Crippen LogP contribution is -2.25. The predicted octanol–water partition coefficient (Wildman–Crippen LogP) is 3.70. The topological polar surface area (TPSA) is 88.0 Å². The third kappa shape index (κ3) is 4.08. The first-order chi connectivity index (χ1) is 15.4. The summed E-state index contributed by atoms with van der Waals surface area (Å²) in [6.07, 6.45) is 1.60. The minimum atomic E-state index is -0.351. The van der Waals surface area contributed by atoms with E-state index in [2.05, 4.69) is 5.32 Å². The zero-order chi connectivity index (χ0) is 22.8. The van der Waals surface area contributed by atoms with Gasteiger partial charge in [-0.15, -0.1) is 0 Å². The van der Waals surface area contributed by atoms with E-state index >= 15 is 0 Å². The number of pyridine rings is 1. The van der Waals surface area contributed by atoms with Crippen LogP contribution in [0.4, 0.5) is 5.69 Å². The summed E-state index contributed by atoms with van der Waals surface area (Å²) >= 11 is 0. The zero-order valence-electron chi connectivity index (χ0n) is 18.6. The van der Waals surface area contributed by atoms with Crippen LogP contribution in [0.5, 0.6) is 23.0 Å². The maximum atomic E-state index is 13.3. The van der Waals surface area contributed by atoms with Crippen LogP contribution < -0.4 is 29.8 Å². The molecule has 8 heteroatoms. The van der Waals surface area contributed by atoms with Crippen LogP contribution in [-0.2, 0) is 6.54 Å². The van der Waals surface area contributed by atoms with Crippen molar-refractivity contribution in [3.63, 3.8) is 0 Å². The van der Waals surface area contributed by atoms with Gasteiger partial charge in [-0.1, -0.05) is 13.8 Å². The van der Waals surface area contributed by atoms with E-state index in [9.17, 15) is 9.59 Å². The number of aromatic nitrogens is 1. The van der Waals surface area contributed by atoms with Gasteiger partial charge in [-0.05, 0) is 30.2 Å². The summed E-state index contributed by atoms with van der Waals surface area (Å²) in [5, 5.41) is 3.78. The van der Waals surface area contributed by atoms with Gasteiger partial charge in [0.1, 0.15) is 13.2 Å². The Kier molecular flexibility index (Phi) is 5.94. The summed E-state index contributed by atoms with van der Waals surface area (Å²) in [6.45, 7) is 5.46. The van der Waals surface area contributed by atoms with Gasteiger partial charge in [0, 0.05) is 29.9 Å². The molecular formula is C24H26N2O6. The number of methoxy groups -OCH3 is 2. The lowest BCUT2D eigenvalue weighted by atomic mass is 10.0. The molecule has 1 N–H and O–H groups in total. The van der Waals surface area contributed by atoms with Crippen molar-refractivity contribution in [1.82, 2.24) is 4.57 Å². The van der Waals surface area contributed by atoms with Crippen molar-refractivity contribution < 1.29 is 23.7 Å². The van der Waals surface area contributed by atoms with E-state index in [4.69, 9.17) is 18.9 Å². The highest BCUT2D eigenvalue weighted by molar-refractivity contribution is 6.13. The van der Waals surface area contributed by atoms with Gasteiger partial charge in [0.25, 0.3) is 11.5 Å². The molecule has 168 valence electrons. The molecule has 1 aromatic heterocycles. The van der Waals surface area contributed by atoms with Gasteiger partial charge in [0.15, 0.2) is 23.0 Å². The number of nitrogens with one attached hydrogen (secondary N) is 1. The second kappa shape index (κ2) is 8.82. The van der Waals surface area contributed by atoms with Crippen LogP contribution in [-0.4, -0.2) is 37.9 Å². The number of hydrogen-bond acceptors (Lipinski definition) is 6. The van der Waals surface area contributed by atoms with Crippen LogP contribution in [0.2, 0.25) is 0 Å². The van der Waals surface area contributed by atoms with E-state index in [0.717, 1.165) is 0 Å². The number of benzene rings is 2. The van der Waals surface area contributed by atoms with Crippen LogP contribution in [0, 0.1) is 5.92 Å². The van der Waals surface area contributed by atoms with Crippen LogP contribution in [0.15, 0.2) is 41.3 Å². The zero-order valence-corrected chi connectivity index (χ0v) is 18.6. The van der Waals surface area contributed by atoms with Gasteiger partial charge in [0.05, 0.1) is 25.2 Å². The van der Waals surface area contributed by atoms with Crippen molar-refractivity contribution >= 4 is 22.4 Å². The molecule has 32 heavy (non-hydrogen) atoms. The van der Waals surface area contributed by atoms with Gasteiger partial charge in [-0.25, -0.2) is 0 Å². The molecule has 2 heterocycles. The fourth-order valence-corrected chi connectivity index (χ4v) is 3.75. The molecule has 2 aromatic carbocycles. The highest BCUT2D eigenvalue weighted by Crippen LogP contribution is 2.34. The minimum Gasteiger partial charge on any atom is -0.493 e. The fourth-order valence-electron chi connectivity index (χ4n) is 3.75. The van der Waals surface area contributed by atoms with Crippen molar-refractivity contribution in [2.45, 2.75) is 20.4 Å². The number of anilines is 1. The van der Waals surface area contributed by atoms with Gasteiger partial charge >= 0.3 is 0 Å². The van der Waals surface area contributed by atoms with Crippen LogP contribution in [0.3, 0.4) is 0 Å². The van der Waals surface area contributed by atoms with Crippen molar-refractivity contribution in [3.8, 4) is 23.0 Å². The molecule has 0 fully saturated rings. The summed E-state index contributed by atoms with van der Waals surface area (Å²) in [7, 11) is 3.02. The molecule has 0 saturated carbocycles. The Labute approximate surface area is 185 Å². The van der Waals surface area contributed by atoms with Crippen LogP contribution in [0.1, 0.15) is 24.2 Å². The Morgan fingerprint density at radius 3 is 2.34 bits per heavy atom. The summed E-state index contributed by atoms with van der Waals surface area (Å²) in [5.74, 6) is 1.96. The SMILES string of the molecule is COc1cc2c(C(=O)Nc3ccc4c(c3)OCCO4)cn(CC(C)C)c(=O)c2cc1OC. The Bertz CT molecular complexity index is 1230. The molecule has 0 radical (unpaired) electrons. The number of carbonyl (C=O) groups excluding carboxylic acids is 1. The largest absolute Gasteiger partial charge is 0.493 e. The molecule has 3 aromatic rings. The molecule has 4 rings (SSSR count). The number of hydrogen-bond donors (Lipinski definition) is 1. The molecule has 0 spiro atoms. The summed E-state index contributed by atoms with van der Waals surface area (Å²) in [5.41, 5.74) is 0.733. The van der Waals surface area contributed by atoms with Gasteiger partial charge < -0.3 is 28.8 Å². The number of fused-ring (bicyclic) bond motifs is 2. The number of nitrogens with zero attached hydrogens (tertiary/aromatic N) is 1. The molecule has 0 saturated heterocycles. The first-order valence-corrected chi connectivity index (χ1v) is 10.4. The van der Waals surface area contributed by atoms with Crippen molar-refractivity contribution in [1.29, 1.82) is 0 Å². The first kappa shape index (κ1) is 21.5. The second-order valence-electron chi connectivity index (χ2n) is 7.96. The van der Waals surface area contributed by atoms with Gasteiger partial charge in [-0.3, -0.25) is 9.59 Å². The molecule has 0 bridgehead atoms. The van der Waals surface area contributed by atoms with E-state index in [0.29, 0.717) is 64.8 Å². The minimum absolute atomic E-state index is 0.189. The smallest absolute Gasteiger partial charge is 0.258 e. The van der Waals surface area contributed by atoms with Crippen molar-refractivity contribution in [2.24, 2.45) is 5.92 Å². The number of rotatable bonds is 6. The third-order valence-corrected chi connectivity index (χ3v) is 5.20. The number of amides is 1. The monoisotopic (exact) mass is 438 g/mol. The standard InChI is InChI=1S/C24H26N2O6/c1-14(2)12-26-13-18(16-10-20(29-3)21(30-4)11-17(16)24(26)28)23(27)25-15-5-6-19-22(9-15)32-8-7-31-19/h5-6,9-11,13-14H,7-8,12H2,1-4H3,(H,25,27). The molecule has 0 aliphatic carbocycles. The Balaban J connectivity index is 1.81. The van der Waals surface area contributed by atoms with E-state index in [1.165, 1.54) is 14.2 Å². The van der Waals surface area contributed by atoms with Gasteiger partial charge in [-0.2, -0.15) is 0 Å². The van der Waals surface area contributed by atoms with E-state index in [1.54, 1.807) is 41.1 Å². The molecule has 1 aliphatic heterocycles. The molecule has 0 atom stereocenters. The predicted molar refractivity (Wildman–Crippen MR) is 122 cm³/mol. The third-order valence-electron chi connectivity index (χ3n) is 5.20. The molecule has 1 aliphatic rings. The van der Waals surface area contributed by atoms with E-state index in [1.807, 2.05) is 13.8 Å². The van der Waals surface area contributed by atoms with Crippen molar-refractivity contribution in [3.05, 3.63) is 52.4 Å². The Morgan fingerprint density at radius 2 is 1.69 bits per heavy atom. The summed E-state index contributed by atoms with van der Waals surface area (Å²) in [4.78, 5) is 26.5. The molecule has 0 unspecified atom stereocenters. The Hall–Kier alpha value is -3.68. The lowest BCUT2D eigenvalue weighted by molar-refractivity contribution is 0.102. The average Bonchev–Trinajstić information content (AvgIpc) is 2.79. The van der Waals surface area contributed by atoms with E-state index < -0.39 is 0 Å². The van der Waals surface area contributed by atoms with Gasteiger partial charge in [0.2, 0.25) is 0 Å². The number of carbonyl (C=O) groups is 1. The van der Waals surface area contributed by atoms with Crippen LogP contribution >= 0.6 is 0 Å². The molecule has 1 amide bonds. The summed E-state index contributed by atoms with van der Waals surface area (Å²) in [6, 6.07) is 8.52. The highest BCUT2D eigenvalue weighted by atomic mass is 16.6. The normalized spacial score (nSPS) is 12.7. The van der Waals surface area contributed by atoms with Crippen LogP contribution in [0.25, 0.3) is 10.8 Å². The molecule has 8 nitrogen and oxygen atoms in total. The fraction of sp³-hybridized carbons (Fsp3) is 0.333. The Morgan fingerprint density at radius 1 is 1.03 bits per heavy atom. The second-order valence-corrected chi connectivity index (χ2v) is 7.96. The maximum Gasteiger partial charge on any atom is 0.258 e. The summed E-state index contributed by atoms with van der Waals surface area (Å²) < 4.78 is 23.5. The first-order valence-electron chi connectivity index (χ1n) is 10.4. The quantitative estimate of drug-likeness (QED) is 0.631.